The zero-order valence-electron chi connectivity index (χ0n) is 12.6. The van der Waals surface area contributed by atoms with Crippen molar-refractivity contribution in [2.75, 3.05) is 19.5 Å². The van der Waals surface area contributed by atoms with Crippen LogP contribution in [0.4, 0.5) is 5.69 Å². The number of rotatable bonds is 3. The van der Waals surface area contributed by atoms with Crippen molar-refractivity contribution in [2.24, 2.45) is 0 Å². The SMILES string of the molecule is COc1ccc([C@@]2(O)C(=O)Nc3ccc(C)cc32)cc1OC. The Labute approximate surface area is 128 Å². The molecule has 0 radical (unpaired) electrons. The zero-order valence-corrected chi connectivity index (χ0v) is 12.6. The van der Waals surface area contributed by atoms with Crippen LogP contribution in [0.5, 0.6) is 11.5 Å². The van der Waals surface area contributed by atoms with E-state index in [0.29, 0.717) is 28.3 Å². The summed E-state index contributed by atoms with van der Waals surface area (Å²) in [6, 6.07) is 10.5. The normalized spacial score (nSPS) is 19.5. The molecule has 0 aromatic heterocycles. The maximum atomic E-state index is 12.4. The summed E-state index contributed by atoms with van der Waals surface area (Å²) in [7, 11) is 3.05. The molecule has 2 aromatic carbocycles. The minimum Gasteiger partial charge on any atom is -0.493 e. The minimum atomic E-state index is -1.74. The molecule has 2 aromatic rings. The molecular weight excluding hydrogens is 282 g/mol. The van der Waals surface area contributed by atoms with Crippen LogP contribution in [0.15, 0.2) is 36.4 Å². The van der Waals surface area contributed by atoms with Crippen molar-refractivity contribution < 1.29 is 19.4 Å². The number of ether oxygens (including phenoxy) is 2. The topological polar surface area (TPSA) is 67.8 Å². The second kappa shape index (κ2) is 5.03. The maximum absolute atomic E-state index is 12.4. The van der Waals surface area contributed by atoms with Gasteiger partial charge in [0.2, 0.25) is 0 Å². The summed E-state index contributed by atoms with van der Waals surface area (Å²) in [6.45, 7) is 1.91. The van der Waals surface area contributed by atoms with E-state index in [9.17, 15) is 9.90 Å². The van der Waals surface area contributed by atoms with E-state index >= 15 is 0 Å². The van der Waals surface area contributed by atoms with E-state index in [-0.39, 0.29) is 0 Å². The van der Waals surface area contributed by atoms with Crippen LogP contribution in [0.25, 0.3) is 0 Å². The zero-order chi connectivity index (χ0) is 15.9. The average molecular weight is 299 g/mol. The quantitative estimate of drug-likeness (QED) is 0.911. The first-order valence-corrected chi connectivity index (χ1v) is 6.88. The Kier molecular flexibility index (Phi) is 3.30. The molecule has 0 saturated heterocycles. The van der Waals surface area contributed by atoms with Gasteiger partial charge < -0.3 is 19.9 Å². The molecule has 0 fully saturated rings. The molecule has 1 amide bonds. The van der Waals surface area contributed by atoms with Crippen LogP contribution < -0.4 is 14.8 Å². The van der Waals surface area contributed by atoms with Gasteiger partial charge in [-0.05, 0) is 25.1 Å². The Morgan fingerprint density at radius 1 is 1.05 bits per heavy atom. The van der Waals surface area contributed by atoms with Crippen LogP contribution in [0.1, 0.15) is 16.7 Å². The molecule has 0 bridgehead atoms. The number of nitrogens with one attached hydrogen (secondary N) is 1. The number of fused-ring (bicyclic) bond motifs is 1. The van der Waals surface area contributed by atoms with Gasteiger partial charge >= 0.3 is 0 Å². The summed E-state index contributed by atoms with van der Waals surface area (Å²) in [5.74, 6) is 0.528. The van der Waals surface area contributed by atoms with Crippen molar-refractivity contribution in [3.8, 4) is 11.5 Å². The van der Waals surface area contributed by atoms with E-state index in [1.54, 1.807) is 24.3 Å². The Hall–Kier alpha value is -2.53. The summed E-state index contributed by atoms with van der Waals surface area (Å²) in [4.78, 5) is 12.4. The molecule has 0 spiro atoms. The monoisotopic (exact) mass is 299 g/mol. The molecule has 1 aliphatic heterocycles. The van der Waals surface area contributed by atoms with Crippen molar-refractivity contribution in [2.45, 2.75) is 12.5 Å². The molecule has 2 N–H and O–H groups in total. The second-order valence-electron chi connectivity index (χ2n) is 5.28. The lowest BCUT2D eigenvalue weighted by molar-refractivity contribution is -0.129. The Bertz CT molecular complexity index is 756. The molecule has 3 rings (SSSR count). The highest BCUT2D eigenvalue weighted by Crippen LogP contribution is 2.43. The van der Waals surface area contributed by atoms with Gasteiger partial charge in [-0.25, -0.2) is 0 Å². The molecule has 0 saturated carbocycles. The Morgan fingerprint density at radius 3 is 2.45 bits per heavy atom. The first-order chi connectivity index (χ1) is 10.5. The van der Waals surface area contributed by atoms with Crippen LogP contribution in [0.3, 0.4) is 0 Å². The highest BCUT2D eigenvalue weighted by Gasteiger charge is 2.47. The van der Waals surface area contributed by atoms with Crippen molar-refractivity contribution >= 4 is 11.6 Å². The number of carbonyl (C=O) groups excluding carboxylic acids is 1. The third kappa shape index (κ3) is 1.94. The van der Waals surface area contributed by atoms with Crippen LogP contribution in [-0.4, -0.2) is 25.2 Å². The molecule has 1 heterocycles. The lowest BCUT2D eigenvalue weighted by Gasteiger charge is -2.22. The standard InChI is InChI=1S/C17H17NO4/c1-10-4-6-13-12(8-10)17(20,16(19)18-13)11-5-7-14(21-2)15(9-11)22-3/h4-9,20H,1-3H3,(H,18,19)/t17-/m0/s1. The van der Waals surface area contributed by atoms with E-state index in [4.69, 9.17) is 9.47 Å². The fourth-order valence-corrected chi connectivity index (χ4v) is 2.75. The van der Waals surface area contributed by atoms with Gasteiger partial charge in [-0.2, -0.15) is 0 Å². The number of benzene rings is 2. The highest BCUT2D eigenvalue weighted by atomic mass is 16.5. The van der Waals surface area contributed by atoms with E-state index in [2.05, 4.69) is 5.32 Å². The minimum absolute atomic E-state index is 0.437. The van der Waals surface area contributed by atoms with Gasteiger partial charge in [-0.3, -0.25) is 4.79 Å². The van der Waals surface area contributed by atoms with E-state index in [0.717, 1.165) is 5.56 Å². The highest BCUT2D eigenvalue weighted by molar-refractivity contribution is 6.07. The molecule has 22 heavy (non-hydrogen) atoms. The smallest absolute Gasteiger partial charge is 0.265 e. The number of hydrogen-bond donors (Lipinski definition) is 2. The third-order valence-electron chi connectivity index (χ3n) is 3.94. The lowest BCUT2D eigenvalue weighted by atomic mass is 9.86. The molecular formula is C17H17NO4. The molecule has 114 valence electrons. The van der Waals surface area contributed by atoms with Crippen molar-refractivity contribution in [1.29, 1.82) is 0 Å². The maximum Gasteiger partial charge on any atom is 0.265 e. The van der Waals surface area contributed by atoms with Gasteiger partial charge in [0.05, 0.1) is 14.2 Å². The molecule has 0 aliphatic carbocycles. The number of aryl methyl sites for hydroxylation is 1. The van der Waals surface area contributed by atoms with Crippen molar-refractivity contribution in [1.82, 2.24) is 0 Å². The second-order valence-corrected chi connectivity index (χ2v) is 5.28. The molecule has 5 heteroatoms. The van der Waals surface area contributed by atoms with Gasteiger partial charge in [0.25, 0.3) is 5.91 Å². The van der Waals surface area contributed by atoms with Gasteiger partial charge in [-0.1, -0.05) is 23.8 Å². The van der Waals surface area contributed by atoms with Crippen LogP contribution in [0.2, 0.25) is 0 Å². The summed E-state index contributed by atoms with van der Waals surface area (Å²) in [6.07, 6.45) is 0. The number of hydrogen-bond acceptors (Lipinski definition) is 4. The lowest BCUT2D eigenvalue weighted by Crippen LogP contribution is -2.35. The van der Waals surface area contributed by atoms with Gasteiger partial charge in [0, 0.05) is 16.8 Å². The number of amides is 1. The first kappa shape index (κ1) is 14.4. The number of anilines is 1. The number of methoxy groups -OCH3 is 2. The van der Waals surface area contributed by atoms with Crippen LogP contribution in [-0.2, 0) is 10.4 Å². The van der Waals surface area contributed by atoms with Gasteiger partial charge in [0.1, 0.15) is 0 Å². The third-order valence-corrected chi connectivity index (χ3v) is 3.94. The van der Waals surface area contributed by atoms with E-state index < -0.39 is 11.5 Å². The number of carbonyl (C=O) groups is 1. The summed E-state index contributed by atoms with van der Waals surface area (Å²) in [5, 5.41) is 13.8. The summed E-state index contributed by atoms with van der Waals surface area (Å²) >= 11 is 0. The van der Waals surface area contributed by atoms with Gasteiger partial charge in [0.15, 0.2) is 17.1 Å². The Balaban J connectivity index is 2.19. The molecule has 1 aliphatic rings. The van der Waals surface area contributed by atoms with Crippen molar-refractivity contribution in [3.63, 3.8) is 0 Å². The summed E-state index contributed by atoms with van der Waals surface area (Å²) < 4.78 is 10.5. The molecule has 5 nitrogen and oxygen atoms in total. The van der Waals surface area contributed by atoms with Crippen molar-refractivity contribution in [3.05, 3.63) is 53.1 Å². The summed E-state index contributed by atoms with van der Waals surface area (Å²) in [5.41, 5.74) is 0.833. The van der Waals surface area contributed by atoms with E-state index in [1.807, 2.05) is 19.1 Å². The largest absolute Gasteiger partial charge is 0.493 e. The molecule has 0 unspecified atom stereocenters. The fraction of sp³-hybridized carbons (Fsp3) is 0.235. The Morgan fingerprint density at radius 2 is 1.77 bits per heavy atom. The predicted octanol–water partition coefficient (Wildman–Crippen LogP) is 2.20. The molecule has 1 atom stereocenters. The van der Waals surface area contributed by atoms with Crippen LogP contribution in [0, 0.1) is 6.92 Å². The van der Waals surface area contributed by atoms with Gasteiger partial charge in [-0.15, -0.1) is 0 Å². The van der Waals surface area contributed by atoms with Crippen LogP contribution >= 0.6 is 0 Å². The fourth-order valence-electron chi connectivity index (χ4n) is 2.75. The average Bonchev–Trinajstić information content (AvgIpc) is 2.79. The predicted molar refractivity (Wildman–Crippen MR) is 82.4 cm³/mol. The first-order valence-electron chi connectivity index (χ1n) is 6.88. The number of aliphatic hydroxyl groups is 1. The van der Waals surface area contributed by atoms with E-state index in [1.165, 1.54) is 14.2 Å².